The maximum atomic E-state index is 12.4. The summed E-state index contributed by atoms with van der Waals surface area (Å²) >= 11 is 12.0. The van der Waals surface area contributed by atoms with E-state index in [1.807, 2.05) is 12.1 Å². The fourth-order valence-electron chi connectivity index (χ4n) is 4.13. The van der Waals surface area contributed by atoms with E-state index < -0.39 is 0 Å². The SMILES string of the molecule is O=C(COc1ccc(C2CCCCC2)cc1)Nc1ccc(NC(=O)c2ccc(Cl)cc2Cl)cc1. The van der Waals surface area contributed by atoms with Gasteiger partial charge < -0.3 is 15.4 Å². The fraction of sp³-hybridized carbons (Fsp3) is 0.259. The quantitative estimate of drug-likeness (QED) is 0.360. The Labute approximate surface area is 209 Å². The van der Waals surface area contributed by atoms with Gasteiger partial charge in [-0.05, 0) is 78.9 Å². The summed E-state index contributed by atoms with van der Waals surface area (Å²) in [5, 5.41) is 6.30. The average molecular weight is 497 g/mol. The summed E-state index contributed by atoms with van der Waals surface area (Å²) in [6, 6.07) is 19.6. The summed E-state index contributed by atoms with van der Waals surface area (Å²) in [5.74, 6) is 0.707. The van der Waals surface area contributed by atoms with Crippen LogP contribution in [0.1, 0.15) is 53.9 Å². The van der Waals surface area contributed by atoms with E-state index in [1.54, 1.807) is 36.4 Å². The van der Waals surface area contributed by atoms with Crippen molar-refractivity contribution >= 4 is 46.4 Å². The normalized spacial score (nSPS) is 13.8. The molecule has 0 atom stereocenters. The van der Waals surface area contributed by atoms with Crippen LogP contribution in [-0.2, 0) is 4.79 Å². The van der Waals surface area contributed by atoms with Crippen LogP contribution in [0.25, 0.3) is 0 Å². The number of rotatable bonds is 7. The predicted octanol–water partition coefficient (Wildman–Crippen LogP) is 7.31. The molecule has 0 bridgehead atoms. The molecule has 0 radical (unpaired) electrons. The van der Waals surface area contributed by atoms with Crippen LogP contribution >= 0.6 is 23.2 Å². The number of carbonyl (C=O) groups excluding carboxylic acids is 2. The number of carbonyl (C=O) groups is 2. The first-order chi connectivity index (χ1) is 16.5. The second-order valence-electron chi connectivity index (χ2n) is 8.40. The van der Waals surface area contributed by atoms with Crippen molar-refractivity contribution in [1.82, 2.24) is 0 Å². The van der Waals surface area contributed by atoms with Crippen LogP contribution in [0.5, 0.6) is 5.75 Å². The van der Waals surface area contributed by atoms with Crippen molar-refractivity contribution in [3.05, 3.63) is 87.9 Å². The molecular weight excluding hydrogens is 471 g/mol. The van der Waals surface area contributed by atoms with Gasteiger partial charge in [-0.1, -0.05) is 54.6 Å². The number of hydrogen-bond donors (Lipinski definition) is 2. The first kappa shape index (κ1) is 24.1. The zero-order valence-electron chi connectivity index (χ0n) is 18.7. The minimum atomic E-state index is -0.346. The number of amides is 2. The molecule has 2 N–H and O–H groups in total. The molecule has 0 unspecified atom stereocenters. The van der Waals surface area contributed by atoms with Gasteiger partial charge in [-0.3, -0.25) is 9.59 Å². The molecule has 1 aliphatic carbocycles. The van der Waals surface area contributed by atoms with Crippen LogP contribution < -0.4 is 15.4 Å². The second-order valence-corrected chi connectivity index (χ2v) is 9.24. The van der Waals surface area contributed by atoms with E-state index in [0.717, 1.165) is 0 Å². The standard InChI is InChI=1S/C27H26Cl2N2O3/c28-20-8-15-24(25(29)16-20)27(33)31-22-11-9-21(10-12-22)30-26(32)17-34-23-13-6-19(7-14-23)18-4-2-1-3-5-18/h6-16,18H,1-5,17H2,(H,30,32)(H,31,33). The summed E-state index contributed by atoms with van der Waals surface area (Å²) in [7, 11) is 0. The van der Waals surface area contributed by atoms with E-state index in [2.05, 4.69) is 22.8 Å². The summed E-state index contributed by atoms with van der Waals surface area (Å²) < 4.78 is 5.64. The minimum absolute atomic E-state index is 0.0870. The molecule has 0 spiro atoms. The van der Waals surface area contributed by atoms with Gasteiger partial charge in [0.2, 0.25) is 0 Å². The smallest absolute Gasteiger partial charge is 0.262 e. The molecule has 4 rings (SSSR count). The Morgan fingerprint density at radius 2 is 1.47 bits per heavy atom. The molecule has 1 saturated carbocycles. The van der Waals surface area contributed by atoms with Crippen LogP contribution in [0.15, 0.2) is 66.7 Å². The molecule has 34 heavy (non-hydrogen) atoms. The van der Waals surface area contributed by atoms with E-state index in [1.165, 1.54) is 43.7 Å². The highest BCUT2D eigenvalue weighted by molar-refractivity contribution is 6.37. The van der Waals surface area contributed by atoms with Crippen molar-refractivity contribution in [1.29, 1.82) is 0 Å². The molecule has 1 aliphatic rings. The topological polar surface area (TPSA) is 67.4 Å². The largest absolute Gasteiger partial charge is 0.484 e. The van der Waals surface area contributed by atoms with E-state index in [4.69, 9.17) is 27.9 Å². The third-order valence-electron chi connectivity index (χ3n) is 5.93. The van der Waals surface area contributed by atoms with Crippen LogP contribution in [0, 0.1) is 0 Å². The first-order valence-electron chi connectivity index (χ1n) is 11.4. The van der Waals surface area contributed by atoms with Crippen molar-refractivity contribution in [2.75, 3.05) is 17.2 Å². The lowest BCUT2D eigenvalue weighted by molar-refractivity contribution is -0.118. The maximum Gasteiger partial charge on any atom is 0.262 e. The highest BCUT2D eigenvalue weighted by atomic mass is 35.5. The molecule has 7 heteroatoms. The second kappa shape index (κ2) is 11.4. The van der Waals surface area contributed by atoms with Crippen molar-refractivity contribution in [3.8, 4) is 5.75 Å². The Morgan fingerprint density at radius 1 is 0.824 bits per heavy atom. The molecule has 0 aliphatic heterocycles. The number of hydrogen-bond acceptors (Lipinski definition) is 3. The molecule has 3 aromatic rings. The number of nitrogens with one attached hydrogen (secondary N) is 2. The van der Waals surface area contributed by atoms with E-state index in [-0.39, 0.29) is 23.4 Å². The van der Waals surface area contributed by atoms with Crippen LogP contribution in [-0.4, -0.2) is 18.4 Å². The Kier molecular flexibility index (Phi) is 8.09. The molecule has 0 aromatic heterocycles. The van der Waals surface area contributed by atoms with Gasteiger partial charge in [0, 0.05) is 16.4 Å². The van der Waals surface area contributed by atoms with Gasteiger partial charge in [0.1, 0.15) is 5.75 Å². The molecule has 5 nitrogen and oxygen atoms in total. The summed E-state index contributed by atoms with van der Waals surface area (Å²) in [4.78, 5) is 24.7. The number of benzene rings is 3. The monoisotopic (exact) mass is 496 g/mol. The third kappa shape index (κ3) is 6.52. The van der Waals surface area contributed by atoms with Crippen molar-refractivity contribution in [2.24, 2.45) is 0 Å². The van der Waals surface area contributed by atoms with Gasteiger partial charge in [-0.15, -0.1) is 0 Å². The fourth-order valence-corrected chi connectivity index (χ4v) is 4.62. The van der Waals surface area contributed by atoms with Gasteiger partial charge in [0.25, 0.3) is 11.8 Å². The molecule has 176 valence electrons. The van der Waals surface area contributed by atoms with Gasteiger partial charge in [-0.2, -0.15) is 0 Å². The molecule has 2 amide bonds. The third-order valence-corrected chi connectivity index (χ3v) is 6.48. The zero-order chi connectivity index (χ0) is 23.9. The number of ether oxygens (including phenoxy) is 1. The molecular formula is C27H26Cl2N2O3. The Morgan fingerprint density at radius 3 is 2.12 bits per heavy atom. The lowest BCUT2D eigenvalue weighted by Crippen LogP contribution is -2.20. The minimum Gasteiger partial charge on any atom is -0.484 e. The lowest BCUT2D eigenvalue weighted by Gasteiger charge is -2.22. The molecule has 1 fully saturated rings. The zero-order valence-corrected chi connectivity index (χ0v) is 20.2. The van der Waals surface area contributed by atoms with Crippen molar-refractivity contribution in [3.63, 3.8) is 0 Å². The number of halogens is 2. The van der Waals surface area contributed by atoms with Gasteiger partial charge >= 0.3 is 0 Å². The summed E-state index contributed by atoms with van der Waals surface area (Å²) in [5.41, 5.74) is 2.85. The molecule has 0 saturated heterocycles. The van der Waals surface area contributed by atoms with Gasteiger partial charge in [0.15, 0.2) is 6.61 Å². The van der Waals surface area contributed by atoms with Crippen LogP contribution in [0.4, 0.5) is 11.4 Å². The van der Waals surface area contributed by atoms with E-state index in [0.29, 0.717) is 33.6 Å². The highest BCUT2D eigenvalue weighted by Gasteiger charge is 2.15. The highest BCUT2D eigenvalue weighted by Crippen LogP contribution is 2.33. The predicted molar refractivity (Wildman–Crippen MR) is 137 cm³/mol. The van der Waals surface area contributed by atoms with E-state index in [9.17, 15) is 9.59 Å². The summed E-state index contributed by atoms with van der Waals surface area (Å²) in [6.45, 7) is -0.0870. The Hall–Kier alpha value is -3.02. The lowest BCUT2D eigenvalue weighted by atomic mass is 9.84. The average Bonchev–Trinajstić information content (AvgIpc) is 2.85. The van der Waals surface area contributed by atoms with Gasteiger partial charge in [0.05, 0.1) is 10.6 Å². The van der Waals surface area contributed by atoms with Gasteiger partial charge in [-0.25, -0.2) is 0 Å². The number of anilines is 2. The maximum absolute atomic E-state index is 12.4. The van der Waals surface area contributed by atoms with Crippen molar-refractivity contribution < 1.29 is 14.3 Å². The van der Waals surface area contributed by atoms with Crippen LogP contribution in [0.2, 0.25) is 10.0 Å². The summed E-state index contributed by atoms with van der Waals surface area (Å²) in [6.07, 6.45) is 6.43. The molecule has 0 heterocycles. The first-order valence-corrected chi connectivity index (χ1v) is 12.1. The Balaban J connectivity index is 1.25. The Bertz CT molecular complexity index is 1140. The molecule has 3 aromatic carbocycles. The van der Waals surface area contributed by atoms with Crippen molar-refractivity contribution in [2.45, 2.75) is 38.0 Å². The van der Waals surface area contributed by atoms with E-state index >= 15 is 0 Å². The van der Waals surface area contributed by atoms with Crippen LogP contribution in [0.3, 0.4) is 0 Å².